The molecule has 21 heavy (non-hydrogen) atoms. The quantitative estimate of drug-likeness (QED) is 0.847. The third-order valence-electron chi connectivity index (χ3n) is 3.48. The summed E-state index contributed by atoms with van der Waals surface area (Å²) >= 11 is 0. The number of nitrogens with one attached hydrogen (secondary N) is 1. The molecule has 0 amide bonds. The van der Waals surface area contributed by atoms with Gasteiger partial charge in [-0.2, -0.15) is 0 Å². The molecule has 2 aromatic rings. The number of benzene rings is 2. The van der Waals surface area contributed by atoms with Crippen molar-refractivity contribution in [3.63, 3.8) is 0 Å². The summed E-state index contributed by atoms with van der Waals surface area (Å²) in [5, 5.41) is 3.15. The van der Waals surface area contributed by atoms with E-state index in [4.69, 9.17) is 0 Å². The third-order valence-corrected chi connectivity index (χ3v) is 3.48. The van der Waals surface area contributed by atoms with Crippen molar-refractivity contribution in [3.8, 4) is 0 Å². The van der Waals surface area contributed by atoms with E-state index in [-0.39, 0.29) is 23.7 Å². The maximum atomic E-state index is 14.0. The van der Waals surface area contributed by atoms with Crippen molar-refractivity contribution in [1.29, 1.82) is 0 Å². The second-order valence-corrected chi connectivity index (χ2v) is 4.94. The molecule has 0 radical (unpaired) electrons. The van der Waals surface area contributed by atoms with Gasteiger partial charge in [0.05, 0.1) is 0 Å². The minimum Gasteiger partial charge on any atom is -0.316 e. The highest BCUT2D eigenvalue weighted by molar-refractivity contribution is 5.27. The fourth-order valence-electron chi connectivity index (χ4n) is 2.39. The molecule has 0 fully saturated rings. The van der Waals surface area contributed by atoms with E-state index >= 15 is 0 Å². The third kappa shape index (κ3) is 3.85. The second-order valence-electron chi connectivity index (χ2n) is 4.94. The van der Waals surface area contributed by atoms with E-state index in [0.29, 0.717) is 12.1 Å². The molecular formula is C17H18F3N. The number of halogens is 3. The van der Waals surface area contributed by atoms with Crippen LogP contribution < -0.4 is 5.32 Å². The molecule has 4 heteroatoms. The molecule has 0 bridgehead atoms. The maximum Gasteiger partial charge on any atom is 0.162 e. The number of rotatable bonds is 6. The first-order valence-corrected chi connectivity index (χ1v) is 7.01. The van der Waals surface area contributed by atoms with E-state index in [1.807, 2.05) is 6.92 Å². The van der Waals surface area contributed by atoms with Crippen molar-refractivity contribution >= 4 is 0 Å². The van der Waals surface area contributed by atoms with Crippen LogP contribution in [0, 0.1) is 17.5 Å². The zero-order valence-electron chi connectivity index (χ0n) is 11.9. The van der Waals surface area contributed by atoms with Gasteiger partial charge in [0.1, 0.15) is 5.82 Å². The summed E-state index contributed by atoms with van der Waals surface area (Å²) in [5.41, 5.74) is 0.781. The Bertz CT molecular complexity index is 598. The van der Waals surface area contributed by atoms with E-state index in [2.05, 4.69) is 5.32 Å². The summed E-state index contributed by atoms with van der Waals surface area (Å²) in [6.45, 7) is 3.19. The van der Waals surface area contributed by atoms with Gasteiger partial charge in [0.2, 0.25) is 0 Å². The van der Waals surface area contributed by atoms with E-state index in [0.717, 1.165) is 12.6 Å². The predicted molar refractivity (Wildman–Crippen MR) is 77.7 cm³/mol. The molecule has 2 rings (SSSR count). The lowest BCUT2D eigenvalue weighted by molar-refractivity contribution is 0.486. The molecule has 0 spiro atoms. The molecule has 0 aliphatic carbocycles. The minimum absolute atomic E-state index is 0.248. The Morgan fingerprint density at radius 2 is 1.67 bits per heavy atom. The Kier molecular flexibility index (Phi) is 5.39. The van der Waals surface area contributed by atoms with Crippen LogP contribution in [-0.4, -0.2) is 13.1 Å². The van der Waals surface area contributed by atoms with Crippen LogP contribution in [0.5, 0.6) is 0 Å². The highest BCUT2D eigenvalue weighted by Crippen LogP contribution is 2.25. The van der Waals surface area contributed by atoms with Gasteiger partial charge >= 0.3 is 0 Å². The van der Waals surface area contributed by atoms with Crippen LogP contribution in [0.1, 0.15) is 24.0 Å². The minimum atomic E-state index is -0.872. The first-order chi connectivity index (χ1) is 10.1. The van der Waals surface area contributed by atoms with Crippen LogP contribution in [0.2, 0.25) is 0 Å². The van der Waals surface area contributed by atoms with Gasteiger partial charge in [-0.25, -0.2) is 13.2 Å². The average molecular weight is 293 g/mol. The zero-order chi connectivity index (χ0) is 15.2. The zero-order valence-corrected chi connectivity index (χ0v) is 11.9. The van der Waals surface area contributed by atoms with Crippen molar-refractivity contribution in [2.24, 2.45) is 0 Å². The Morgan fingerprint density at radius 3 is 2.38 bits per heavy atom. The Morgan fingerprint density at radius 1 is 0.952 bits per heavy atom. The Balaban J connectivity index is 2.28. The summed E-state index contributed by atoms with van der Waals surface area (Å²) in [6, 6.07) is 10.5. The van der Waals surface area contributed by atoms with Crippen molar-refractivity contribution in [1.82, 2.24) is 5.32 Å². The molecule has 0 saturated heterocycles. The largest absolute Gasteiger partial charge is 0.316 e. The molecule has 1 unspecified atom stereocenters. The SMILES string of the molecule is CCNCC(Cc1cccc(F)c1F)c1ccccc1F. The van der Waals surface area contributed by atoms with Crippen LogP contribution in [0.25, 0.3) is 0 Å². The first-order valence-electron chi connectivity index (χ1n) is 7.01. The number of hydrogen-bond acceptors (Lipinski definition) is 1. The molecule has 1 N–H and O–H groups in total. The van der Waals surface area contributed by atoms with Crippen LogP contribution >= 0.6 is 0 Å². The molecular weight excluding hydrogens is 275 g/mol. The second kappa shape index (κ2) is 7.27. The summed E-state index contributed by atoms with van der Waals surface area (Å²) in [6.07, 6.45) is 0.248. The fourth-order valence-corrected chi connectivity index (χ4v) is 2.39. The van der Waals surface area contributed by atoms with Gasteiger partial charge in [-0.15, -0.1) is 0 Å². The van der Waals surface area contributed by atoms with Crippen molar-refractivity contribution in [2.45, 2.75) is 19.3 Å². The standard InChI is InChI=1S/C17H18F3N/c1-2-21-11-13(14-7-3-4-8-15(14)18)10-12-6-5-9-16(19)17(12)20/h3-9,13,21H,2,10-11H2,1H3. The Hall–Kier alpha value is -1.81. The lowest BCUT2D eigenvalue weighted by Crippen LogP contribution is -2.23. The topological polar surface area (TPSA) is 12.0 Å². The normalized spacial score (nSPS) is 12.4. The molecule has 2 aromatic carbocycles. The summed E-state index contributed by atoms with van der Waals surface area (Å²) in [4.78, 5) is 0. The molecule has 0 saturated carbocycles. The Labute approximate surface area is 122 Å². The van der Waals surface area contributed by atoms with E-state index in [1.165, 1.54) is 18.2 Å². The van der Waals surface area contributed by atoms with Gasteiger partial charge in [0.15, 0.2) is 11.6 Å². The summed E-state index contributed by atoms with van der Waals surface area (Å²) in [7, 11) is 0. The molecule has 0 aliphatic rings. The lowest BCUT2D eigenvalue weighted by Gasteiger charge is -2.19. The lowest BCUT2D eigenvalue weighted by atomic mass is 9.91. The van der Waals surface area contributed by atoms with Crippen LogP contribution in [0.4, 0.5) is 13.2 Å². The number of likely N-dealkylation sites (N-methyl/N-ethyl adjacent to an activating group) is 1. The van der Waals surface area contributed by atoms with E-state index in [1.54, 1.807) is 18.2 Å². The van der Waals surface area contributed by atoms with Crippen LogP contribution in [-0.2, 0) is 6.42 Å². The van der Waals surface area contributed by atoms with Gasteiger partial charge in [-0.3, -0.25) is 0 Å². The van der Waals surface area contributed by atoms with Crippen LogP contribution in [0.3, 0.4) is 0 Å². The van der Waals surface area contributed by atoms with Gasteiger partial charge < -0.3 is 5.32 Å². The van der Waals surface area contributed by atoms with Crippen molar-refractivity contribution < 1.29 is 13.2 Å². The van der Waals surface area contributed by atoms with Gasteiger partial charge in [-0.05, 0) is 36.2 Å². The smallest absolute Gasteiger partial charge is 0.162 e. The monoisotopic (exact) mass is 293 g/mol. The van der Waals surface area contributed by atoms with Crippen molar-refractivity contribution in [2.75, 3.05) is 13.1 Å². The van der Waals surface area contributed by atoms with Gasteiger partial charge in [0.25, 0.3) is 0 Å². The molecule has 0 aliphatic heterocycles. The first kappa shape index (κ1) is 15.6. The van der Waals surface area contributed by atoms with Crippen LogP contribution in [0.15, 0.2) is 42.5 Å². The average Bonchev–Trinajstić information content (AvgIpc) is 2.48. The highest BCUT2D eigenvalue weighted by atomic mass is 19.2. The highest BCUT2D eigenvalue weighted by Gasteiger charge is 2.18. The predicted octanol–water partition coefficient (Wildman–Crippen LogP) is 4.04. The fraction of sp³-hybridized carbons (Fsp3) is 0.294. The molecule has 1 nitrogen and oxygen atoms in total. The van der Waals surface area contributed by atoms with Crippen molar-refractivity contribution in [3.05, 3.63) is 71.0 Å². The maximum absolute atomic E-state index is 14.0. The summed E-state index contributed by atoms with van der Waals surface area (Å²) in [5.74, 6) is -2.29. The molecule has 112 valence electrons. The number of hydrogen-bond donors (Lipinski definition) is 1. The van der Waals surface area contributed by atoms with Gasteiger partial charge in [0, 0.05) is 12.5 Å². The van der Waals surface area contributed by atoms with Gasteiger partial charge in [-0.1, -0.05) is 37.3 Å². The molecule has 0 heterocycles. The molecule has 0 aromatic heterocycles. The van der Waals surface area contributed by atoms with E-state index in [9.17, 15) is 13.2 Å². The van der Waals surface area contributed by atoms with E-state index < -0.39 is 11.6 Å². The molecule has 1 atom stereocenters. The summed E-state index contributed by atoms with van der Waals surface area (Å²) < 4.78 is 41.1.